The van der Waals surface area contributed by atoms with E-state index in [4.69, 9.17) is 10.5 Å². The van der Waals surface area contributed by atoms with Crippen molar-refractivity contribution in [1.29, 1.82) is 0 Å². The fourth-order valence-corrected chi connectivity index (χ4v) is 1.55. The van der Waals surface area contributed by atoms with Gasteiger partial charge in [0.2, 0.25) is 0 Å². The van der Waals surface area contributed by atoms with Gasteiger partial charge in [0.1, 0.15) is 5.60 Å². The van der Waals surface area contributed by atoms with Gasteiger partial charge in [0.25, 0.3) is 5.91 Å². The van der Waals surface area contributed by atoms with Gasteiger partial charge in [-0.2, -0.15) is 0 Å². The number of hydrogen-bond acceptors (Lipinski definition) is 4. The number of carbonyl (C=O) groups is 2. The number of amides is 2. The van der Waals surface area contributed by atoms with E-state index >= 15 is 0 Å². The van der Waals surface area contributed by atoms with Crippen LogP contribution >= 0.6 is 0 Å². The van der Waals surface area contributed by atoms with E-state index in [-0.39, 0.29) is 5.91 Å². The van der Waals surface area contributed by atoms with Gasteiger partial charge in [-0.25, -0.2) is 4.79 Å². The van der Waals surface area contributed by atoms with Crippen LogP contribution in [0.4, 0.5) is 4.79 Å². The third-order valence-corrected chi connectivity index (χ3v) is 2.53. The number of hydrogen-bond donors (Lipinski definition) is 3. The molecule has 0 spiro atoms. The number of nitrogens with one attached hydrogen (secondary N) is 2. The first-order chi connectivity index (χ1) is 9.81. The zero-order valence-electron chi connectivity index (χ0n) is 12.7. The number of nitrogens with two attached hydrogens (primary N) is 1. The van der Waals surface area contributed by atoms with Gasteiger partial charge in [0.15, 0.2) is 0 Å². The highest BCUT2D eigenvalue weighted by Crippen LogP contribution is 2.06. The lowest BCUT2D eigenvalue weighted by molar-refractivity contribution is 0.0526. The summed E-state index contributed by atoms with van der Waals surface area (Å²) in [6.45, 7) is 6.46. The monoisotopic (exact) mass is 293 g/mol. The molecule has 0 saturated heterocycles. The first-order valence-corrected chi connectivity index (χ1v) is 6.86. The van der Waals surface area contributed by atoms with Crippen LogP contribution in [0.3, 0.4) is 0 Å². The predicted octanol–water partition coefficient (Wildman–Crippen LogP) is 1.40. The largest absolute Gasteiger partial charge is 0.444 e. The molecule has 0 bridgehead atoms. The molecular weight excluding hydrogens is 270 g/mol. The van der Waals surface area contributed by atoms with Crippen molar-refractivity contribution in [3.63, 3.8) is 0 Å². The number of rotatable bonds is 5. The number of carbonyl (C=O) groups excluding carboxylic acids is 2. The van der Waals surface area contributed by atoms with Gasteiger partial charge in [-0.05, 0) is 38.5 Å². The first-order valence-electron chi connectivity index (χ1n) is 6.86. The van der Waals surface area contributed by atoms with Gasteiger partial charge < -0.3 is 21.1 Å². The van der Waals surface area contributed by atoms with E-state index in [9.17, 15) is 9.59 Å². The van der Waals surface area contributed by atoms with E-state index in [1.807, 2.05) is 12.1 Å². The Balaban J connectivity index is 2.28. The third kappa shape index (κ3) is 6.76. The fraction of sp³-hybridized carbons (Fsp3) is 0.467. The summed E-state index contributed by atoms with van der Waals surface area (Å²) in [5.74, 6) is -0.190. The second-order valence-electron chi connectivity index (χ2n) is 5.59. The highest BCUT2D eigenvalue weighted by molar-refractivity contribution is 5.94. The highest BCUT2D eigenvalue weighted by Gasteiger charge is 2.15. The van der Waals surface area contributed by atoms with E-state index in [2.05, 4.69) is 10.6 Å². The number of alkyl carbamates (subject to hydrolysis) is 1. The average Bonchev–Trinajstić information content (AvgIpc) is 2.41. The molecule has 0 fully saturated rings. The van der Waals surface area contributed by atoms with Gasteiger partial charge in [-0.1, -0.05) is 12.1 Å². The molecule has 0 aliphatic rings. The smallest absolute Gasteiger partial charge is 0.407 e. The van der Waals surface area contributed by atoms with Crippen molar-refractivity contribution in [1.82, 2.24) is 10.6 Å². The molecule has 0 heterocycles. The minimum atomic E-state index is -0.530. The summed E-state index contributed by atoms with van der Waals surface area (Å²) in [7, 11) is 0. The molecule has 1 aromatic carbocycles. The van der Waals surface area contributed by atoms with Crippen molar-refractivity contribution < 1.29 is 14.3 Å². The molecule has 1 aromatic rings. The maximum Gasteiger partial charge on any atom is 0.407 e. The maximum absolute atomic E-state index is 11.8. The molecule has 6 heteroatoms. The summed E-state index contributed by atoms with van der Waals surface area (Å²) < 4.78 is 5.08. The molecule has 0 saturated carbocycles. The molecule has 21 heavy (non-hydrogen) atoms. The zero-order chi connectivity index (χ0) is 15.9. The quantitative estimate of drug-likeness (QED) is 0.715. The SMILES string of the molecule is CC(C)(C)OC(=O)NCCNC(=O)c1ccc(CN)cc1. The molecule has 6 nitrogen and oxygen atoms in total. The highest BCUT2D eigenvalue weighted by atomic mass is 16.6. The van der Waals surface area contributed by atoms with Crippen LogP contribution in [0.2, 0.25) is 0 Å². The Morgan fingerprint density at radius 1 is 1.10 bits per heavy atom. The van der Waals surface area contributed by atoms with Crippen LogP contribution in [-0.2, 0) is 11.3 Å². The topological polar surface area (TPSA) is 93.5 Å². The predicted molar refractivity (Wildman–Crippen MR) is 80.9 cm³/mol. The van der Waals surface area contributed by atoms with E-state index in [1.54, 1.807) is 32.9 Å². The molecule has 116 valence electrons. The van der Waals surface area contributed by atoms with Crippen LogP contribution in [-0.4, -0.2) is 30.7 Å². The van der Waals surface area contributed by atoms with Crippen LogP contribution in [0.15, 0.2) is 24.3 Å². The van der Waals surface area contributed by atoms with Crippen molar-refractivity contribution >= 4 is 12.0 Å². The van der Waals surface area contributed by atoms with Gasteiger partial charge in [-0.3, -0.25) is 4.79 Å². The van der Waals surface area contributed by atoms with Crippen LogP contribution < -0.4 is 16.4 Å². The Hall–Kier alpha value is -2.08. The Labute approximate surface area is 125 Å². The molecule has 0 unspecified atom stereocenters. The van der Waals surface area contributed by atoms with Crippen LogP contribution in [0.25, 0.3) is 0 Å². The van der Waals surface area contributed by atoms with E-state index in [1.165, 1.54) is 0 Å². The maximum atomic E-state index is 11.8. The lowest BCUT2D eigenvalue weighted by Gasteiger charge is -2.19. The average molecular weight is 293 g/mol. The lowest BCUT2D eigenvalue weighted by Crippen LogP contribution is -2.37. The molecule has 0 aliphatic carbocycles. The standard InChI is InChI=1S/C15H23N3O3/c1-15(2,3)21-14(20)18-9-8-17-13(19)12-6-4-11(10-16)5-7-12/h4-7H,8-10,16H2,1-3H3,(H,17,19)(H,18,20). The molecule has 0 aliphatic heterocycles. The van der Waals surface area contributed by atoms with Crippen LogP contribution in [0.1, 0.15) is 36.7 Å². The summed E-state index contributed by atoms with van der Waals surface area (Å²) in [4.78, 5) is 23.2. The summed E-state index contributed by atoms with van der Waals surface area (Å²) >= 11 is 0. The van der Waals surface area contributed by atoms with Crippen molar-refractivity contribution in [2.75, 3.05) is 13.1 Å². The molecule has 4 N–H and O–H groups in total. The third-order valence-electron chi connectivity index (χ3n) is 2.53. The minimum Gasteiger partial charge on any atom is -0.444 e. The summed E-state index contributed by atoms with van der Waals surface area (Å²) in [5, 5.41) is 5.29. The van der Waals surface area contributed by atoms with E-state index in [0.29, 0.717) is 25.2 Å². The number of ether oxygens (including phenoxy) is 1. The van der Waals surface area contributed by atoms with Crippen LogP contribution in [0.5, 0.6) is 0 Å². The van der Waals surface area contributed by atoms with Gasteiger partial charge in [-0.15, -0.1) is 0 Å². The summed E-state index contributed by atoms with van der Waals surface area (Å²) in [5.41, 5.74) is 6.49. The Bertz CT molecular complexity index is 478. The molecule has 0 atom stereocenters. The van der Waals surface area contributed by atoms with Gasteiger partial charge in [0.05, 0.1) is 0 Å². The first kappa shape index (κ1) is 17.0. The Kier molecular flexibility index (Phi) is 6.17. The second kappa shape index (κ2) is 7.64. The lowest BCUT2D eigenvalue weighted by atomic mass is 10.1. The Morgan fingerprint density at radius 3 is 2.19 bits per heavy atom. The van der Waals surface area contributed by atoms with E-state index in [0.717, 1.165) is 5.56 Å². The van der Waals surface area contributed by atoms with E-state index < -0.39 is 11.7 Å². The molecule has 0 radical (unpaired) electrons. The fourth-order valence-electron chi connectivity index (χ4n) is 1.55. The second-order valence-corrected chi connectivity index (χ2v) is 5.59. The normalized spacial score (nSPS) is 10.9. The van der Waals surface area contributed by atoms with Crippen molar-refractivity contribution in [3.05, 3.63) is 35.4 Å². The summed E-state index contributed by atoms with van der Waals surface area (Å²) in [6, 6.07) is 7.07. The number of benzene rings is 1. The molecular formula is C15H23N3O3. The van der Waals surface area contributed by atoms with Crippen molar-refractivity contribution in [2.45, 2.75) is 32.9 Å². The molecule has 0 aromatic heterocycles. The molecule has 1 rings (SSSR count). The minimum absolute atomic E-state index is 0.190. The van der Waals surface area contributed by atoms with Crippen molar-refractivity contribution in [3.8, 4) is 0 Å². The summed E-state index contributed by atoms with van der Waals surface area (Å²) in [6.07, 6.45) is -0.496. The molecule has 2 amide bonds. The van der Waals surface area contributed by atoms with Crippen LogP contribution in [0, 0.1) is 0 Å². The zero-order valence-corrected chi connectivity index (χ0v) is 12.7. The van der Waals surface area contributed by atoms with Gasteiger partial charge in [0, 0.05) is 25.2 Å². The Morgan fingerprint density at radius 2 is 1.67 bits per heavy atom. The van der Waals surface area contributed by atoms with Gasteiger partial charge >= 0.3 is 6.09 Å². The van der Waals surface area contributed by atoms with Crippen molar-refractivity contribution in [2.24, 2.45) is 5.73 Å².